The summed E-state index contributed by atoms with van der Waals surface area (Å²) in [5.74, 6) is 1.11. The number of nitrogens with one attached hydrogen (secondary N) is 2. The van der Waals surface area contributed by atoms with E-state index in [-0.39, 0.29) is 24.4 Å². The number of benzene rings is 2. The van der Waals surface area contributed by atoms with Crippen LogP contribution in [0.25, 0.3) is 0 Å². The van der Waals surface area contributed by atoms with E-state index in [9.17, 15) is 9.59 Å². The van der Waals surface area contributed by atoms with Crippen LogP contribution >= 0.6 is 12.4 Å². The van der Waals surface area contributed by atoms with Crippen molar-refractivity contribution in [3.63, 3.8) is 0 Å². The van der Waals surface area contributed by atoms with Crippen LogP contribution in [0, 0.1) is 0 Å². The van der Waals surface area contributed by atoms with Gasteiger partial charge < -0.3 is 19.1 Å². The van der Waals surface area contributed by atoms with E-state index in [1.807, 2.05) is 50.2 Å². The SMILES string of the molecule is CCCOc1cc(C2CC=CN(C(=O)c3cccc(NC(=O)OCCCN(C)C)c3)N2)ccc1OC.Cl. The van der Waals surface area contributed by atoms with Gasteiger partial charge in [-0.3, -0.25) is 10.1 Å². The number of carbonyl (C=O) groups is 2. The first kappa shape index (κ1) is 30.0. The molecule has 2 aromatic carbocycles. The maximum Gasteiger partial charge on any atom is 0.411 e. The zero-order valence-corrected chi connectivity index (χ0v) is 22.7. The fraction of sp³-hybridized carbons (Fsp3) is 0.407. The van der Waals surface area contributed by atoms with Gasteiger partial charge in [-0.15, -0.1) is 12.4 Å². The second kappa shape index (κ2) is 15.1. The number of halogens is 1. The van der Waals surface area contributed by atoms with Crippen LogP contribution in [0.5, 0.6) is 11.5 Å². The molecular weight excluding hydrogens is 496 g/mol. The van der Waals surface area contributed by atoms with Crippen LogP contribution in [0.15, 0.2) is 54.7 Å². The number of methoxy groups -OCH3 is 1. The summed E-state index contributed by atoms with van der Waals surface area (Å²) in [5, 5.41) is 4.15. The Bertz CT molecular complexity index is 1060. The highest BCUT2D eigenvalue weighted by Gasteiger charge is 2.23. The van der Waals surface area contributed by atoms with E-state index in [2.05, 4.69) is 10.7 Å². The summed E-state index contributed by atoms with van der Waals surface area (Å²) in [6.45, 7) is 3.80. The topological polar surface area (TPSA) is 92.4 Å². The van der Waals surface area contributed by atoms with Gasteiger partial charge in [0.1, 0.15) is 0 Å². The summed E-state index contributed by atoms with van der Waals surface area (Å²) in [6.07, 6.45) is 5.47. The maximum atomic E-state index is 13.2. The average Bonchev–Trinajstić information content (AvgIpc) is 2.89. The summed E-state index contributed by atoms with van der Waals surface area (Å²) in [6, 6.07) is 12.4. The third-order valence-electron chi connectivity index (χ3n) is 5.53. The molecule has 9 nitrogen and oxygen atoms in total. The van der Waals surface area contributed by atoms with Crippen LogP contribution in [0.3, 0.4) is 0 Å². The molecule has 0 saturated carbocycles. The second-order valence-corrected chi connectivity index (χ2v) is 8.73. The van der Waals surface area contributed by atoms with Crippen LogP contribution in [-0.4, -0.2) is 62.9 Å². The highest BCUT2D eigenvalue weighted by atomic mass is 35.5. The third-order valence-corrected chi connectivity index (χ3v) is 5.53. The standard InChI is InChI=1S/C27H36N4O5.ClH/c1-5-16-35-25-19-20(12-13-24(25)34-4)23-11-7-15-31(29-23)26(32)21-9-6-10-22(18-21)28-27(33)36-17-8-14-30(2)3;/h6-7,9-10,12-13,15,18-19,23,29H,5,8,11,14,16-17H2,1-4H3,(H,28,33);1H. The Hall–Kier alpha value is -3.27. The molecule has 10 heteroatoms. The quantitative estimate of drug-likeness (QED) is 0.393. The van der Waals surface area contributed by atoms with Crippen LogP contribution < -0.4 is 20.2 Å². The molecule has 2 amide bonds. The van der Waals surface area contributed by atoms with Gasteiger partial charge in [0.2, 0.25) is 0 Å². The van der Waals surface area contributed by atoms with Gasteiger partial charge in [0.05, 0.1) is 26.4 Å². The van der Waals surface area contributed by atoms with Gasteiger partial charge >= 0.3 is 6.09 Å². The number of hydrogen-bond acceptors (Lipinski definition) is 7. The van der Waals surface area contributed by atoms with Crippen molar-refractivity contribution in [2.24, 2.45) is 0 Å². The lowest BCUT2D eigenvalue weighted by Gasteiger charge is -2.30. The highest BCUT2D eigenvalue weighted by Crippen LogP contribution is 2.32. The molecule has 0 bridgehead atoms. The third kappa shape index (κ3) is 8.96. The molecule has 3 rings (SSSR count). The molecule has 202 valence electrons. The number of anilines is 1. The van der Waals surface area contributed by atoms with Crippen molar-refractivity contribution in [2.45, 2.75) is 32.2 Å². The molecule has 0 radical (unpaired) electrons. The molecule has 0 aromatic heterocycles. The van der Waals surface area contributed by atoms with Gasteiger partial charge in [0.25, 0.3) is 5.91 Å². The number of nitrogens with zero attached hydrogens (tertiary/aromatic N) is 2. The number of hydrazine groups is 1. The Morgan fingerprint density at radius 3 is 2.68 bits per heavy atom. The smallest absolute Gasteiger partial charge is 0.411 e. The van der Waals surface area contributed by atoms with E-state index in [1.165, 1.54) is 5.01 Å². The minimum atomic E-state index is -0.546. The van der Waals surface area contributed by atoms with Crippen molar-refractivity contribution in [3.8, 4) is 11.5 Å². The molecule has 0 saturated heterocycles. The predicted octanol–water partition coefficient (Wildman–Crippen LogP) is 5.01. The highest BCUT2D eigenvalue weighted by molar-refractivity contribution is 5.96. The van der Waals surface area contributed by atoms with Gasteiger partial charge in [-0.05, 0) is 69.3 Å². The summed E-state index contributed by atoms with van der Waals surface area (Å²) in [4.78, 5) is 27.3. The van der Waals surface area contributed by atoms with Crippen LogP contribution in [0.4, 0.5) is 10.5 Å². The molecule has 1 heterocycles. The van der Waals surface area contributed by atoms with Crippen molar-refractivity contribution in [3.05, 3.63) is 65.9 Å². The molecule has 0 spiro atoms. The Morgan fingerprint density at radius 2 is 1.95 bits per heavy atom. The number of carbonyl (C=O) groups excluding carboxylic acids is 2. The van der Waals surface area contributed by atoms with Crippen molar-refractivity contribution >= 4 is 30.1 Å². The second-order valence-electron chi connectivity index (χ2n) is 8.73. The summed E-state index contributed by atoms with van der Waals surface area (Å²) in [7, 11) is 5.55. The zero-order valence-electron chi connectivity index (χ0n) is 21.9. The molecular formula is C27H37ClN4O5. The number of hydrogen-bond donors (Lipinski definition) is 2. The largest absolute Gasteiger partial charge is 0.493 e. The van der Waals surface area contributed by atoms with E-state index in [0.29, 0.717) is 42.4 Å². The molecule has 1 aliphatic rings. The maximum absolute atomic E-state index is 13.2. The monoisotopic (exact) mass is 532 g/mol. The van der Waals surface area contributed by atoms with E-state index >= 15 is 0 Å². The Labute approximate surface area is 225 Å². The van der Waals surface area contributed by atoms with E-state index in [1.54, 1.807) is 37.6 Å². The molecule has 2 aromatic rings. The average molecular weight is 533 g/mol. The van der Waals surface area contributed by atoms with Gasteiger partial charge in [-0.25, -0.2) is 15.2 Å². The van der Waals surface area contributed by atoms with E-state index in [4.69, 9.17) is 14.2 Å². The summed E-state index contributed by atoms with van der Waals surface area (Å²) >= 11 is 0. The van der Waals surface area contributed by atoms with Crippen molar-refractivity contribution in [1.82, 2.24) is 15.3 Å². The lowest BCUT2D eigenvalue weighted by molar-refractivity contribution is 0.0713. The normalized spacial score (nSPS) is 14.6. The first-order valence-corrected chi connectivity index (χ1v) is 12.2. The van der Waals surface area contributed by atoms with E-state index < -0.39 is 6.09 Å². The minimum absolute atomic E-state index is 0. The van der Waals surface area contributed by atoms with Crippen LogP contribution in [0.2, 0.25) is 0 Å². The van der Waals surface area contributed by atoms with Gasteiger partial charge in [-0.1, -0.05) is 25.1 Å². The molecule has 37 heavy (non-hydrogen) atoms. The lowest BCUT2D eigenvalue weighted by atomic mass is 10.0. The number of amides is 2. The van der Waals surface area contributed by atoms with Crippen molar-refractivity contribution in [2.75, 3.05) is 46.3 Å². The molecule has 1 atom stereocenters. The number of rotatable bonds is 11. The predicted molar refractivity (Wildman–Crippen MR) is 146 cm³/mol. The van der Waals surface area contributed by atoms with Crippen molar-refractivity contribution in [1.29, 1.82) is 0 Å². The fourth-order valence-electron chi connectivity index (χ4n) is 3.71. The first-order valence-electron chi connectivity index (χ1n) is 12.2. The van der Waals surface area contributed by atoms with Gasteiger partial charge in [0, 0.05) is 24.0 Å². The Kier molecular flexibility index (Phi) is 12.2. The zero-order chi connectivity index (χ0) is 25.9. The molecule has 1 aliphatic heterocycles. The Morgan fingerprint density at radius 1 is 1.14 bits per heavy atom. The fourth-order valence-corrected chi connectivity index (χ4v) is 3.71. The van der Waals surface area contributed by atoms with E-state index in [0.717, 1.165) is 24.9 Å². The summed E-state index contributed by atoms with van der Waals surface area (Å²) in [5.41, 5.74) is 5.18. The molecule has 0 aliphatic carbocycles. The van der Waals surface area contributed by atoms with Crippen LogP contribution in [0.1, 0.15) is 48.1 Å². The molecule has 2 N–H and O–H groups in total. The minimum Gasteiger partial charge on any atom is -0.493 e. The van der Waals surface area contributed by atoms with Crippen molar-refractivity contribution < 1.29 is 23.8 Å². The molecule has 1 unspecified atom stereocenters. The van der Waals surface area contributed by atoms with Gasteiger partial charge in [-0.2, -0.15) is 0 Å². The van der Waals surface area contributed by atoms with Gasteiger partial charge in [0.15, 0.2) is 11.5 Å². The summed E-state index contributed by atoms with van der Waals surface area (Å²) < 4.78 is 16.5. The molecule has 0 fully saturated rings. The van der Waals surface area contributed by atoms with Crippen LogP contribution in [-0.2, 0) is 4.74 Å². The first-order chi connectivity index (χ1) is 17.4. The Balaban J connectivity index is 0.00000481. The lowest BCUT2D eigenvalue weighted by Crippen LogP contribution is -2.43. The number of ether oxygens (including phenoxy) is 3.